The summed E-state index contributed by atoms with van der Waals surface area (Å²) in [7, 11) is 3.52. The maximum Gasteiger partial charge on any atom is 0.253 e. The number of hydrogen-bond acceptors (Lipinski definition) is 2. The maximum absolute atomic E-state index is 12.0. The summed E-state index contributed by atoms with van der Waals surface area (Å²) in [4.78, 5) is 18.3. The Morgan fingerprint density at radius 1 is 0.933 bits per heavy atom. The van der Waals surface area contributed by atoms with Gasteiger partial charge in [0.1, 0.15) is 0 Å². The SMILES string of the molecule is CCNC(=NCc1ccc(C(=O)N(C)C)cc1)NCC(C)(C)c1ccc(CC)cc1. The molecule has 0 saturated carbocycles. The van der Waals surface area contributed by atoms with Crippen molar-refractivity contribution in [2.24, 2.45) is 4.99 Å². The van der Waals surface area contributed by atoms with Gasteiger partial charge >= 0.3 is 0 Å². The second-order valence-corrected chi connectivity index (χ2v) is 8.38. The van der Waals surface area contributed by atoms with E-state index in [0.29, 0.717) is 12.1 Å². The molecule has 2 aromatic rings. The molecule has 0 fully saturated rings. The van der Waals surface area contributed by atoms with Crippen molar-refractivity contribution in [3.63, 3.8) is 0 Å². The van der Waals surface area contributed by atoms with Crippen LogP contribution in [0.25, 0.3) is 0 Å². The summed E-state index contributed by atoms with van der Waals surface area (Å²) in [5.74, 6) is 0.804. The van der Waals surface area contributed by atoms with Gasteiger partial charge in [0, 0.05) is 38.2 Å². The first kappa shape index (κ1) is 23.5. The number of guanidine groups is 1. The zero-order valence-corrected chi connectivity index (χ0v) is 19.2. The summed E-state index contributed by atoms with van der Waals surface area (Å²) in [5.41, 5.74) is 4.40. The number of nitrogens with one attached hydrogen (secondary N) is 2. The number of carbonyl (C=O) groups is 1. The van der Waals surface area contributed by atoms with Crippen LogP contribution < -0.4 is 10.6 Å². The standard InChI is InChI=1S/C25H36N4O/c1-7-19-11-15-22(16-12-19)25(3,4)18-28-24(26-8-2)27-17-20-9-13-21(14-10-20)23(30)29(5)6/h9-16H,7-8,17-18H2,1-6H3,(H2,26,27,28). The third-order valence-corrected chi connectivity index (χ3v) is 5.21. The highest BCUT2D eigenvalue weighted by molar-refractivity contribution is 5.93. The first-order valence-electron chi connectivity index (χ1n) is 10.7. The molecule has 162 valence electrons. The molecule has 0 spiro atoms. The largest absolute Gasteiger partial charge is 0.357 e. The van der Waals surface area contributed by atoms with Gasteiger partial charge in [0.2, 0.25) is 0 Å². The minimum Gasteiger partial charge on any atom is -0.357 e. The van der Waals surface area contributed by atoms with Gasteiger partial charge in [0.25, 0.3) is 5.91 Å². The first-order valence-corrected chi connectivity index (χ1v) is 10.7. The van der Waals surface area contributed by atoms with Gasteiger partial charge in [0.15, 0.2) is 5.96 Å². The minimum absolute atomic E-state index is 0.00857. The Balaban J connectivity index is 2.02. The molecule has 1 amide bonds. The fraction of sp³-hybridized carbons (Fsp3) is 0.440. The van der Waals surface area contributed by atoms with Crippen molar-refractivity contribution in [2.45, 2.75) is 46.1 Å². The molecule has 2 aromatic carbocycles. The Labute approximate surface area is 181 Å². The second kappa shape index (κ2) is 10.8. The van der Waals surface area contributed by atoms with Crippen LogP contribution in [0.5, 0.6) is 0 Å². The number of rotatable bonds is 8. The molecule has 0 aromatic heterocycles. The van der Waals surface area contributed by atoms with Gasteiger partial charge in [-0.1, -0.05) is 57.2 Å². The van der Waals surface area contributed by atoms with Gasteiger partial charge in [-0.3, -0.25) is 4.79 Å². The van der Waals surface area contributed by atoms with Gasteiger partial charge in [-0.25, -0.2) is 4.99 Å². The van der Waals surface area contributed by atoms with Gasteiger partial charge in [0.05, 0.1) is 6.54 Å². The highest BCUT2D eigenvalue weighted by atomic mass is 16.2. The summed E-state index contributed by atoms with van der Waals surface area (Å²) in [6.07, 6.45) is 1.06. The molecule has 0 heterocycles. The smallest absolute Gasteiger partial charge is 0.253 e. The fourth-order valence-corrected chi connectivity index (χ4v) is 3.12. The van der Waals surface area contributed by atoms with E-state index in [4.69, 9.17) is 4.99 Å². The Kier molecular flexibility index (Phi) is 8.46. The van der Waals surface area contributed by atoms with Crippen LogP contribution >= 0.6 is 0 Å². The van der Waals surface area contributed by atoms with Crippen LogP contribution in [-0.2, 0) is 18.4 Å². The summed E-state index contributed by atoms with van der Waals surface area (Å²) in [6.45, 7) is 10.9. The molecular formula is C25H36N4O. The lowest BCUT2D eigenvalue weighted by molar-refractivity contribution is 0.0827. The van der Waals surface area contributed by atoms with E-state index in [0.717, 1.165) is 31.0 Å². The summed E-state index contributed by atoms with van der Waals surface area (Å²) in [6, 6.07) is 16.5. The lowest BCUT2D eigenvalue weighted by atomic mass is 9.84. The van der Waals surface area contributed by atoms with E-state index >= 15 is 0 Å². The van der Waals surface area contributed by atoms with Crippen LogP contribution in [0.2, 0.25) is 0 Å². The van der Waals surface area contributed by atoms with Crippen molar-refractivity contribution >= 4 is 11.9 Å². The lowest BCUT2D eigenvalue weighted by Gasteiger charge is -2.27. The van der Waals surface area contributed by atoms with Crippen LogP contribution in [-0.4, -0.2) is 44.0 Å². The Bertz CT molecular complexity index is 836. The molecule has 5 nitrogen and oxygen atoms in total. The average Bonchev–Trinajstić information content (AvgIpc) is 2.75. The van der Waals surface area contributed by atoms with Crippen LogP contribution in [0, 0.1) is 0 Å². The fourth-order valence-electron chi connectivity index (χ4n) is 3.12. The van der Waals surface area contributed by atoms with Crippen LogP contribution in [0.3, 0.4) is 0 Å². The third-order valence-electron chi connectivity index (χ3n) is 5.21. The molecule has 0 saturated heterocycles. The number of hydrogen-bond donors (Lipinski definition) is 2. The Hall–Kier alpha value is -2.82. The molecule has 5 heteroatoms. The van der Waals surface area contributed by atoms with E-state index in [-0.39, 0.29) is 11.3 Å². The monoisotopic (exact) mass is 408 g/mol. The molecular weight excluding hydrogens is 372 g/mol. The zero-order chi connectivity index (χ0) is 22.1. The van der Waals surface area contributed by atoms with E-state index < -0.39 is 0 Å². The molecule has 0 atom stereocenters. The maximum atomic E-state index is 12.0. The highest BCUT2D eigenvalue weighted by Gasteiger charge is 2.20. The van der Waals surface area contributed by atoms with Crippen LogP contribution in [0.15, 0.2) is 53.5 Å². The molecule has 0 radical (unpaired) electrons. The number of carbonyl (C=O) groups excluding carboxylic acids is 1. The van der Waals surface area contributed by atoms with Crippen LogP contribution in [0.4, 0.5) is 0 Å². The van der Waals surface area contributed by atoms with Crippen molar-refractivity contribution in [3.05, 3.63) is 70.8 Å². The molecule has 0 unspecified atom stereocenters. The number of benzene rings is 2. The first-order chi connectivity index (χ1) is 14.3. The zero-order valence-electron chi connectivity index (χ0n) is 19.2. The van der Waals surface area contributed by atoms with E-state index in [1.807, 2.05) is 24.3 Å². The Morgan fingerprint density at radius 3 is 2.07 bits per heavy atom. The molecule has 30 heavy (non-hydrogen) atoms. The van der Waals surface area contributed by atoms with Crippen molar-refractivity contribution in [3.8, 4) is 0 Å². The summed E-state index contributed by atoms with van der Waals surface area (Å²) >= 11 is 0. The van der Waals surface area contributed by atoms with E-state index in [2.05, 4.69) is 62.6 Å². The van der Waals surface area contributed by atoms with Crippen molar-refractivity contribution in [1.29, 1.82) is 0 Å². The second-order valence-electron chi connectivity index (χ2n) is 8.38. The average molecular weight is 409 g/mol. The van der Waals surface area contributed by atoms with E-state index in [1.165, 1.54) is 11.1 Å². The predicted molar refractivity (Wildman–Crippen MR) is 126 cm³/mol. The molecule has 2 N–H and O–H groups in total. The summed E-state index contributed by atoms with van der Waals surface area (Å²) in [5, 5.41) is 6.80. The normalized spacial score (nSPS) is 11.9. The van der Waals surface area contributed by atoms with Gasteiger partial charge in [-0.2, -0.15) is 0 Å². The number of aryl methyl sites for hydroxylation is 1. The Morgan fingerprint density at radius 2 is 1.53 bits per heavy atom. The molecule has 0 aliphatic heterocycles. The molecule has 2 rings (SSSR count). The third kappa shape index (κ3) is 6.61. The van der Waals surface area contributed by atoms with E-state index in [1.54, 1.807) is 19.0 Å². The summed E-state index contributed by atoms with van der Waals surface area (Å²) < 4.78 is 0. The number of nitrogens with zero attached hydrogens (tertiary/aromatic N) is 2. The molecule has 0 bridgehead atoms. The van der Waals surface area contributed by atoms with Crippen LogP contribution in [0.1, 0.15) is 54.7 Å². The van der Waals surface area contributed by atoms with Crippen molar-refractivity contribution in [2.75, 3.05) is 27.2 Å². The lowest BCUT2D eigenvalue weighted by Crippen LogP contribution is -2.43. The number of amides is 1. The molecule has 0 aliphatic rings. The minimum atomic E-state index is -0.0172. The highest BCUT2D eigenvalue weighted by Crippen LogP contribution is 2.22. The van der Waals surface area contributed by atoms with Crippen molar-refractivity contribution in [1.82, 2.24) is 15.5 Å². The van der Waals surface area contributed by atoms with Gasteiger partial charge in [-0.15, -0.1) is 0 Å². The van der Waals surface area contributed by atoms with Gasteiger partial charge < -0.3 is 15.5 Å². The van der Waals surface area contributed by atoms with Gasteiger partial charge in [-0.05, 0) is 42.2 Å². The molecule has 0 aliphatic carbocycles. The number of aliphatic imine (C=N–C) groups is 1. The topological polar surface area (TPSA) is 56.7 Å². The predicted octanol–water partition coefficient (Wildman–Crippen LogP) is 3.98. The van der Waals surface area contributed by atoms with Crippen molar-refractivity contribution < 1.29 is 4.79 Å². The quantitative estimate of drug-likeness (QED) is 0.513. The van der Waals surface area contributed by atoms with E-state index in [9.17, 15) is 4.79 Å².